The molecule has 0 aliphatic carbocycles. The Balaban J connectivity index is 2.22. The van der Waals surface area contributed by atoms with E-state index in [0.29, 0.717) is 13.2 Å². The van der Waals surface area contributed by atoms with Crippen molar-refractivity contribution in [2.45, 2.75) is 25.6 Å². The van der Waals surface area contributed by atoms with Gasteiger partial charge in [0.05, 0.1) is 6.61 Å². The van der Waals surface area contributed by atoms with Gasteiger partial charge >= 0.3 is 0 Å². The van der Waals surface area contributed by atoms with E-state index in [1.807, 2.05) is 31.2 Å². The summed E-state index contributed by atoms with van der Waals surface area (Å²) in [5.74, 6) is 0.812. The highest BCUT2D eigenvalue weighted by Gasteiger charge is 2.13. The number of nitrogens with zero attached hydrogens (tertiary/aromatic N) is 1. The molecule has 3 nitrogen and oxygen atoms in total. The molecule has 1 rings (SSSR count). The Bertz CT molecular complexity index is 376. The van der Waals surface area contributed by atoms with Crippen molar-refractivity contribution in [1.29, 1.82) is 0 Å². The summed E-state index contributed by atoms with van der Waals surface area (Å²) in [6.07, 6.45) is 0.791. The fourth-order valence-corrected chi connectivity index (χ4v) is 1.71. The molecule has 1 amide bonds. The van der Waals surface area contributed by atoms with E-state index >= 15 is 0 Å². The van der Waals surface area contributed by atoms with E-state index in [2.05, 4.69) is 0 Å². The van der Waals surface area contributed by atoms with Crippen molar-refractivity contribution in [3.05, 3.63) is 29.8 Å². The molecule has 0 radical (unpaired) electrons. The maximum atomic E-state index is 11.5. The Morgan fingerprint density at radius 3 is 2.56 bits per heavy atom. The summed E-state index contributed by atoms with van der Waals surface area (Å²) in [7, 11) is 1.76. The second-order valence-electron chi connectivity index (χ2n) is 4.39. The molecule has 1 aromatic carbocycles. The van der Waals surface area contributed by atoms with Crippen LogP contribution in [-0.2, 0) is 4.79 Å². The minimum atomic E-state index is -0.465. The highest BCUT2D eigenvalue weighted by Crippen LogP contribution is 2.11. The van der Waals surface area contributed by atoms with Crippen molar-refractivity contribution in [2.75, 3.05) is 20.2 Å². The molecular formula is C14H20ClNO2. The number of amides is 1. The molecule has 0 spiro atoms. The van der Waals surface area contributed by atoms with Gasteiger partial charge in [-0.05, 0) is 32.4 Å². The van der Waals surface area contributed by atoms with E-state index in [-0.39, 0.29) is 5.91 Å². The van der Waals surface area contributed by atoms with Gasteiger partial charge in [0.2, 0.25) is 5.91 Å². The predicted molar refractivity (Wildman–Crippen MR) is 74.2 cm³/mol. The number of aryl methyl sites for hydroxylation is 1. The SMILES string of the molecule is Cc1ccc(OCCCN(C)C(=O)C(C)Cl)cc1. The van der Waals surface area contributed by atoms with E-state index in [1.165, 1.54) is 5.56 Å². The van der Waals surface area contributed by atoms with E-state index < -0.39 is 5.38 Å². The molecule has 0 fully saturated rings. The quantitative estimate of drug-likeness (QED) is 0.587. The van der Waals surface area contributed by atoms with E-state index in [9.17, 15) is 4.79 Å². The number of hydrogen-bond acceptors (Lipinski definition) is 2. The van der Waals surface area contributed by atoms with Crippen molar-refractivity contribution >= 4 is 17.5 Å². The molecule has 0 bridgehead atoms. The summed E-state index contributed by atoms with van der Waals surface area (Å²) >= 11 is 5.72. The third kappa shape index (κ3) is 4.96. The maximum absolute atomic E-state index is 11.5. The molecular weight excluding hydrogens is 250 g/mol. The standard InChI is InChI=1S/C14H20ClNO2/c1-11-5-7-13(8-6-11)18-10-4-9-16(3)14(17)12(2)15/h5-8,12H,4,9-10H2,1-3H3. The zero-order valence-electron chi connectivity index (χ0n) is 11.1. The molecule has 0 aliphatic rings. The van der Waals surface area contributed by atoms with Crippen molar-refractivity contribution in [3.8, 4) is 5.75 Å². The lowest BCUT2D eigenvalue weighted by Gasteiger charge is -2.18. The monoisotopic (exact) mass is 269 g/mol. The molecule has 1 atom stereocenters. The first-order valence-electron chi connectivity index (χ1n) is 6.09. The van der Waals surface area contributed by atoms with Gasteiger partial charge in [0.25, 0.3) is 0 Å². The molecule has 0 saturated heterocycles. The zero-order valence-corrected chi connectivity index (χ0v) is 11.9. The van der Waals surface area contributed by atoms with Crippen LogP contribution in [-0.4, -0.2) is 36.4 Å². The van der Waals surface area contributed by atoms with Gasteiger partial charge in [-0.2, -0.15) is 0 Å². The number of ether oxygens (including phenoxy) is 1. The molecule has 1 unspecified atom stereocenters. The Morgan fingerprint density at radius 1 is 1.39 bits per heavy atom. The highest BCUT2D eigenvalue weighted by atomic mass is 35.5. The molecule has 18 heavy (non-hydrogen) atoms. The summed E-state index contributed by atoms with van der Waals surface area (Å²) in [6, 6.07) is 7.93. The van der Waals surface area contributed by atoms with Crippen LogP contribution >= 0.6 is 11.6 Å². The Labute approximate surface area is 114 Å². The lowest BCUT2D eigenvalue weighted by atomic mass is 10.2. The minimum absolute atomic E-state index is 0.0491. The average Bonchev–Trinajstić information content (AvgIpc) is 2.35. The number of carbonyl (C=O) groups excluding carboxylic acids is 1. The fourth-order valence-electron chi connectivity index (χ4n) is 1.54. The van der Waals surface area contributed by atoms with Gasteiger partial charge in [-0.25, -0.2) is 0 Å². The fraction of sp³-hybridized carbons (Fsp3) is 0.500. The number of rotatable bonds is 6. The van der Waals surface area contributed by atoms with Crippen LogP contribution in [0.25, 0.3) is 0 Å². The molecule has 0 heterocycles. The van der Waals surface area contributed by atoms with Gasteiger partial charge in [-0.3, -0.25) is 4.79 Å². The smallest absolute Gasteiger partial charge is 0.240 e. The van der Waals surface area contributed by atoms with Crippen LogP contribution in [0.1, 0.15) is 18.9 Å². The summed E-state index contributed by atoms with van der Waals surface area (Å²) in [5.41, 5.74) is 1.21. The van der Waals surface area contributed by atoms with Gasteiger partial charge in [0.15, 0.2) is 0 Å². The topological polar surface area (TPSA) is 29.5 Å². The zero-order chi connectivity index (χ0) is 13.5. The third-order valence-corrected chi connectivity index (χ3v) is 2.83. The molecule has 0 N–H and O–H groups in total. The summed E-state index contributed by atoms with van der Waals surface area (Å²) < 4.78 is 5.58. The number of alkyl halides is 1. The van der Waals surface area contributed by atoms with Crippen LogP contribution in [0.4, 0.5) is 0 Å². The molecule has 0 aliphatic heterocycles. The lowest BCUT2D eigenvalue weighted by molar-refractivity contribution is -0.129. The van der Waals surface area contributed by atoms with Crippen molar-refractivity contribution in [1.82, 2.24) is 4.90 Å². The molecule has 1 aromatic rings. The number of hydrogen-bond donors (Lipinski definition) is 0. The summed E-state index contributed by atoms with van der Waals surface area (Å²) in [5, 5.41) is -0.465. The van der Waals surface area contributed by atoms with Crippen LogP contribution in [0.5, 0.6) is 5.75 Å². The van der Waals surface area contributed by atoms with E-state index in [4.69, 9.17) is 16.3 Å². The Morgan fingerprint density at radius 2 is 2.00 bits per heavy atom. The van der Waals surface area contributed by atoms with Gasteiger partial charge < -0.3 is 9.64 Å². The van der Waals surface area contributed by atoms with Crippen LogP contribution < -0.4 is 4.74 Å². The lowest BCUT2D eigenvalue weighted by Crippen LogP contribution is -2.33. The second kappa shape index (κ2) is 7.27. The van der Waals surface area contributed by atoms with Gasteiger partial charge in [-0.15, -0.1) is 11.6 Å². The molecule has 0 saturated carbocycles. The maximum Gasteiger partial charge on any atom is 0.240 e. The van der Waals surface area contributed by atoms with Gasteiger partial charge in [-0.1, -0.05) is 17.7 Å². The largest absolute Gasteiger partial charge is 0.494 e. The van der Waals surface area contributed by atoms with E-state index in [1.54, 1.807) is 18.9 Å². The van der Waals surface area contributed by atoms with Crippen molar-refractivity contribution in [2.24, 2.45) is 0 Å². The summed E-state index contributed by atoms with van der Waals surface area (Å²) in [4.78, 5) is 13.1. The number of carbonyl (C=O) groups is 1. The van der Waals surface area contributed by atoms with Crippen LogP contribution in [0.3, 0.4) is 0 Å². The third-order valence-electron chi connectivity index (χ3n) is 2.64. The first-order valence-corrected chi connectivity index (χ1v) is 6.53. The highest BCUT2D eigenvalue weighted by molar-refractivity contribution is 6.30. The number of halogens is 1. The molecule has 4 heteroatoms. The normalized spacial score (nSPS) is 12.0. The first kappa shape index (κ1) is 14.8. The average molecular weight is 270 g/mol. The van der Waals surface area contributed by atoms with Gasteiger partial charge in [0.1, 0.15) is 11.1 Å². The van der Waals surface area contributed by atoms with Crippen LogP contribution in [0, 0.1) is 6.92 Å². The minimum Gasteiger partial charge on any atom is -0.494 e. The molecule has 100 valence electrons. The molecule has 0 aromatic heterocycles. The first-order chi connectivity index (χ1) is 8.50. The summed E-state index contributed by atoms with van der Waals surface area (Å²) in [6.45, 7) is 4.97. The Kier molecular flexibility index (Phi) is 5.99. The predicted octanol–water partition coefficient (Wildman–Crippen LogP) is 2.85. The second-order valence-corrected chi connectivity index (χ2v) is 5.05. The Hall–Kier alpha value is -1.22. The number of benzene rings is 1. The van der Waals surface area contributed by atoms with Crippen LogP contribution in [0.2, 0.25) is 0 Å². The van der Waals surface area contributed by atoms with Crippen molar-refractivity contribution in [3.63, 3.8) is 0 Å². The van der Waals surface area contributed by atoms with Crippen LogP contribution in [0.15, 0.2) is 24.3 Å². The van der Waals surface area contributed by atoms with E-state index in [0.717, 1.165) is 12.2 Å². The van der Waals surface area contributed by atoms with Crippen molar-refractivity contribution < 1.29 is 9.53 Å². The van der Waals surface area contributed by atoms with Gasteiger partial charge in [0, 0.05) is 13.6 Å².